The number of benzene rings is 2. The smallest absolute Gasteiger partial charge is 0.387 e. The van der Waals surface area contributed by atoms with E-state index in [1.54, 1.807) is 0 Å². The Balaban J connectivity index is 2.45. The molecule has 2 nitrogen and oxygen atoms in total. The SMILES string of the molecule is OC(c1cc(F)c(F)cc1F)c1ccccc1OC(F)F. The van der Waals surface area contributed by atoms with Crippen LogP contribution in [0.2, 0.25) is 0 Å². The van der Waals surface area contributed by atoms with Crippen LogP contribution in [0.3, 0.4) is 0 Å². The van der Waals surface area contributed by atoms with Gasteiger partial charge < -0.3 is 9.84 Å². The van der Waals surface area contributed by atoms with Crippen molar-refractivity contribution in [2.24, 2.45) is 0 Å². The van der Waals surface area contributed by atoms with Crippen molar-refractivity contribution in [2.75, 3.05) is 0 Å². The maximum absolute atomic E-state index is 13.6. The minimum Gasteiger partial charge on any atom is -0.434 e. The lowest BCUT2D eigenvalue weighted by Crippen LogP contribution is -2.09. The highest BCUT2D eigenvalue weighted by molar-refractivity contribution is 5.40. The zero-order valence-corrected chi connectivity index (χ0v) is 10.4. The molecule has 0 fully saturated rings. The zero-order valence-electron chi connectivity index (χ0n) is 10.4. The molecule has 1 atom stereocenters. The van der Waals surface area contributed by atoms with Crippen LogP contribution in [0.5, 0.6) is 5.75 Å². The van der Waals surface area contributed by atoms with Crippen molar-refractivity contribution in [3.05, 3.63) is 65.0 Å². The minimum atomic E-state index is -3.15. The van der Waals surface area contributed by atoms with Crippen molar-refractivity contribution in [3.63, 3.8) is 0 Å². The largest absolute Gasteiger partial charge is 0.434 e. The van der Waals surface area contributed by atoms with Crippen LogP contribution in [-0.4, -0.2) is 11.7 Å². The molecule has 112 valence electrons. The van der Waals surface area contributed by atoms with E-state index in [9.17, 15) is 27.1 Å². The Morgan fingerprint density at radius 2 is 1.48 bits per heavy atom. The van der Waals surface area contributed by atoms with Crippen LogP contribution in [0.4, 0.5) is 22.0 Å². The molecular formula is C14H9F5O2. The third kappa shape index (κ3) is 3.30. The van der Waals surface area contributed by atoms with E-state index in [-0.39, 0.29) is 17.4 Å². The highest BCUT2D eigenvalue weighted by atomic mass is 19.3. The predicted molar refractivity (Wildman–Crippen MR) is 63.5 cm³/mol. The number of hydrogen-bond acceptors (Lipinski definition) is 2. The Kier molecular flexibility index (Phi) is 4.42. The molecule has 0 spiro atoms. The van der Waals surface area contributed by atoms with Crippen molar-refractivity contribution in [3.8, 4) is 5.75 Å². The monoisotopic (exact) mass is 304 g/mol. The summed E-state index contributed by atoms with van der Waals surface area (Å²) >= 11 is 0. The molecule has 0 saturated carbocycles. The Hall–Kier alpha value is -2.15. The molecule has 0 aliphatic carbocycles. The van der Waals surface area contributed by atoms with Gasteiger partial charge in [0.05, 0.1) is 0 Å². The van der Waals surface area contributed by atoms with Crippen LogP contribution in [0.15, 0.2) is 36.4 Å². The van der Waals surface area contributed by atoms with Crippen LogP contribution >= 0.6 is 0 Å². The number of hydrogen-bond donors (Lipinski definition) is 1. The quantitative estimate of drug-likeness (QED) is 0.688. The molecule has 2 aromatic carbocycles. The summed E-state index contributed by atoms with van der Waals surface area (Å²) < 4.78 is 68.4. The summed E-state index contributed by atoms with van der Waals surface area (Å²) in [5.74, 6) is -4.37. The molecule has 7 heteroatoms. The molecule has 0 heterocycles. The maximum atomic E-state index is 13.6. The number of para-hydroxylation sites is 1. The highest BCUT2D eigenvalue weighted by Crippen LogP contribution is 2.32. The number of aliphatic hydroxyl groups excluding tert-OH is 1. The first-order valence-corrected chi connectivity index (χ1v) is 5.76. The number of ether oxygens (including phenoxy) is 1. The first-order valence-electron chi connectivity index (χ1n) is 5.76. The number of aliphatic hydroxyl groups is 1. The second kappa shape index (κ2) is 6.09. The Morgan fingerprint density at radius 1 is 0.857 bits per heavy atom. The van der Waals surface area contributed by atoms with Gasteiger partial charge in [0, 0.05) is 17.2 Å². The number of halogens is 5. The molecule has 0 aliphatic heterocycles. The lowest BCUT2D eigenvalue weighted by atomic mass is 10.00. The summed E-state index contributed by atoms with van der Waals surface area (Å²) in [4.78, 5) is 0. The Morgan fingerprint density at radius 3 is 2.14 bits per heavy atom. The summed E-state index contributed by atoms with van der Waals surface area (Å²) in [5, 5.41) is 10.0. The van der Waals surface area contributed by atoms with E-state index in [0.29, 0.717) is 6.07 Å². The molecule has 1 unspecified atom stereocenters. The predicted octanol–water partition coefficient (Wildman–Crippen LogP) is 3.79. The summed E-state index contributed by atoms with van der Waals surface area (Å²) in [6, 6.07) is 5.86. The zero-order chi connectivity index (χ0) is 15.6. The first-order chi connectivity index (χ1) is 9.90. The summed E-state index contributed by atoms with van der Waals surface area (Å²) in [5.41, 5.74) is -0.776. The third-order valence-electron chi connectivity index (χ3n) is 2.76. The van der Waals surface area contributed by atoms with E-state index in [1.807, 2.05) is 0 Å². The average Bonchev–Trinajstić information content (AvgIpc) is 2.42. The van der Waals surface area contributed by atoms with E-state index >= 15 is 0 Å². The fourth-order valence-corrected chi connectivity index (χ4v) is 1.82. The summed E-state index contributed by atoms with van der Waals surface area (Å²) in [6.45, 7) is -3.15. The average molecular weight is 304 g/mol. The highest BCUT2D eigenvalue weighted by Gasteiger charge is 2.22. The normalized spacial score (nSPS) is 12.5. The molecule has 2 aromatic rings. The van der Waals surface area contributed by atoms with Crippen LogP contribution in [0.25, 0.3) is 0 Å². The van der Waals surface area contributed by atoms with E-state index < -0.39 is 35.7 Å². The topological polar surface area (TPSA) is 29.5 Å². The second-order valence-corrected chi connectivity index (χ2v) is 4.11. The van der Waals surface area contributed by atoms with Gasteiger partial charge in [-0.2, -0.15) is 8.78 Å². The molecule has 0 aliphatic rings. The minimum absolute atomic E-state index is 0.192. The van der Waals surface area contributed by atoms with Crippen molar-refractivity contribution < 1.29 is 31.8 Å². The van der Waals surface area contributed by atoms with Crippen LogP contribution in [-0.2, 0) is 0 Å². The summed E-state index contributed by atoms with van der Waals surface area (Å²) in [6.07, 6.45) is -1.78. The lowest BCUT2D eigenvalue weighted by molar-refractivity contribution is -0.0512. The molecular weight excluding hydrogens is 295 g/mol. The molecule has 2 rings (SSSR count). The fraction of sp³-hybridized carbons (Fsp3) is 0.143. The van der Waals surface area contributed by atoms with Crippen LogP contribution in [0, 0.1) is 17.5 Å². The molecule has 1 N–H and O–H groups in total. The third-order valence-corrected chi connectivity index (χ3v) is 2.76. The number of alkyl halides is 2. The maximum Gasteiger partial charge on any atom is 0.387 e. The van der Waals surface area contributed by atoms with Gasteiger partial charge in [0.25, 0.3) is 0 Å². The van der Waals surface area contributed by atoms with E-state index in [2.05, 4.69) is 4.74 Å². The van der Waals surface area contributed by atoms with E-state index in [4.69, 9.17) is 0 Å². The molecule has 0 amide bonds. The van der Waals surface area contributed by atoms with E-state index in [0.717, 1.165) is 6.07 Å². The Bertz CT molecular complexity index is 645. The van der Waals surface area contributed by atoms with E-state index in [1.165, 1.54) is 18.2 Å². The van der Waals surface area contributed by atoms with Crippen LogP contribution < -0.4 is 4.74 Å². The first kappa shape index (κ1) is 15.2. The molecule has 0 saturated heterocycles. The van der Waals surface area contributed by atoms with Gasteiger partial charge in [-0.3, -0.25) is 0 Å². The molecule has 0 radical (unpaired) electrons. The van der Waals surface area contributed by atoms with Gasteiger partial charge in [-0.1, -0.05) is 18.2 Å². The van der Waals surface area contributed by atoms with Crippen molar-refractivity contribution in [1.82, 2.24) is 0 Å². The Labute approximate surface area is 116 Å². The van der Waals surface area contributed by atoms with Gasteiger partial charge in [0.15, 0.2) is 11.6 Å². The van der Waals surface area contributed by atoms with Crippen LogP contribution in [0.1, 0.15) is 17.2 Å². The van der Waals surface area contributed by atoms with Gasteiger partial charge in [-0.15, -0.1) is 0 Å². The molecule has 21 heavy (non-hydrogen) atoms. The second-order valence-electron chi connectivity index (χ2n) is 4.11. The fourth-order valence-electron chi connectivity index (χ4n) is 1.82. The van der Waals surface area contributed by atoms with Crippen molar-refractivity contribution in [2.45, 2.75) is 12.7 Å². The standard InChI is InChI=1S/C14H9F5O2/c15-9-6-11(17)10(16)5-8(9)13(20)7-3-1-2-4-12(7)21-14(18)19/h1-6,13-14,20H. The molecule has 0 bridgehead atoms. The lowest BCUT2D eigenvalue weighted by Gasteiger charge is -2.16. The van der Waals surface area contributed by atoms with Gasteiger partial charge in [-0.25, -0.2) is 13.2 Å². The van der Waals surface area contributed by atoms with Gasteiger partial charge in [0.2, 0.25) is 0 Å². The van der Waals surface area contributed by atoms with Gasteiger partial charge in [0.1, 0.15) is 17.7 Å². The van der Waals surface area contributed by atoms with Crippen molar-refractivity contribution >= 4 is 0 Å². The van der Waals surface area contributed by atoms with Gasteiger partial charge >= 0.3 is 6.61 Å². The molecule has 0 aromatic heterocycles. The van der Waals surface area contributed by atoms with Crippen molar-refractivity contribution in [1.29, 1.82) is 0 Å². The number of rotatable bonds is 4. The van der Waals surface area contributed by atoms with Gasteiger partial charge in [-0.05, 0) is 12.1 Å². The summed E-state index contributed by atoms with van der Waals surface area (Å²) in [7, 11) is 0.